The number of carbonyl (C=O) groups excluding carboxylic acids is 1. The summed E-state index contributed by atoms with van der Waals surface area (Å²) in [5.41, 5.74) is 14.2. The highest BCUT2D eigenvalue weighted by atomic mass is 16.6. The van der Waals surface area contributed by atoms with Crippen molar-refractivity contribution in [1.82, 2.24) is 15.3 Å². The molecule has 1 heterocycles. The Balaban J connectivity index is 2.90. The van der Waals surface area contributed by atoms with E-state index in [1.165, 1.54) is 7.11 Å². The zero-order valence-electron chi connectivity index (χ0n) is 12.4. The largest absolute Gasteiger partial charge is 0.382 e. The van der Waals surface area contributed by atoms with Gasteiger partial charge in [0.2, 0.25) is 0 Å². The van der Waals surface area contributed by atoms with E-state index < -0.39 is 5.91 Å². The van der Waals surface area contributed by atoms with Crippen molar-refractivity contribution in [1.29, 1.82) is 0 Å². The number of hydrogen-bond donors (Lipinski definition) is 4. The lowest BCUT2D eigenvalue weighted by Gasteiger charge is -2.11. The van der Waals surface area contributed by atoms with Gasteiger partial charge in [0.05, 0.1) is 12.8 Å². The van der Waals surface area contributed by atoms with Crippen molar-refractivity contribution in [3.63, 3.8) is 0 Å². The molecule has 6 N–H and O–H groups in total. The molecule has 0 bridgehead atoms. The highest BCUT2D eigenvalue weighted by Gasteiger charge is 2.17. The Hall–Kier alpha value is -2.42. The molecule has 1 aromatic heterocycles. The minimum absolute atomic E-state index is 0.0252. The number of guanidine groups is 1. The average molecular weight is 295 g/mol. The lowest BCUT2D eigenvalue weighted by atomic mass is 10.3. The zero-order chi connectivity index (χ0) is 15.8. The molecule has 0 aliphatic rings. The molecule has 116 valence electrons. The Morgan fingerprint density at radius 2 is 2.14 bits per heavy atom. The zero-order valence-corrected chi connectivity index (χ0v) is 12.4. The van der Waals surface area contributed by atoms with Crippen molar-refractivity contribution in [2.45, 2.75) is 26.7 Å². The van der Waals surface area contributed by atoms with Crippen LogP contribution < -0.4 is 22.3 Å². The maximum atomic E-state index is 12.1. The number of aliphatic imine (C=N–C) groups is 1. The SMILES string of the molecule is CCCCN=C(N)NC(=O)c1nc(C)c(N)nc1NOC. The number of rotatable bonds is 6. The fraction of sp³-hybridized carbons (Fsp3) is 0.500. The number of anilines is 2. The van der Waals surface area contributed by atoms with Crippen LogP contribution in [-0.2, 0) is 4.84 Å². The summed E-state index contributed by atoms with van der Waals surface area (Å²) in [6.07, 6.45) is 1.89. The summed E-state index contributed by atoms with van der Waals surface area (Å²) in [6.45, 7) is 4.24. The molecule has 0 saturated heterocycles. The van der Waals surface area contributed by atoms with Crippen LogP contribution >= 0.6 is 0 Å². The first-order valence-electron chi connectivity index (χ1n) is 6.54. The van der Waals surface area contributed by atoms with Crippen LogP contribution in [0.3, 0.4) is 0 Å². The number of nitrogen functional groups attached to an aromatic ring is 1. The van der Waals surface area contributed by atoms with Gasteiger partial charge in [0.15, 0.2) is 17.5 Å². The average Bonchev–Trinajstić information content (AvgIpc) is 2.43. The second kappa shape index (κ2) is 8.00. The van der Waals surface area contributed by atoms with Crippen molar-refractivity contribution < 1.29 is 9.63 Å². The van der Waals surface area contributed by atoms with E-state index in [1.54, 1.807) is 6.92 Å². The third-order valence-electron chi connectivity index (χ3n) is 2.56. The van der Waals surface area contributed by atoms with Gasteiger partial charge in [-0.05, 0) is 13.3 Å². The number of nitrogens with two attached hydrogens (primary N) is 2. The number of aryl methyl sites for hydroxylation is 1. The summed E-state index contributed by atoms with van der Waals surface area (Å²) < 4.78 is 0. The van der Waals surface area contributed by atoms with Crippen molar-refractivity contribution in [2.75, 3.05) is 24.9 Å². The number of aromatic nitrogens is 2. The molecule has 0 spiro atoms. The predicted octanol–water partition coefficient (Wildman–Crippen LogP) is 0.185. The minimum atomic E-state index is -0.539. The molecule has 0 fully saturated rings. The number of hydrogen-bond acceptors (Lipinski definition) is 7. The van der Waals surface area contributed by atoms with E-state index in [0.717, 1.165) is 12.8 Å². The molecule has 0 unspecified atom stereocenters. The molecular weight excluding hydrogens is 274 g/mol. The summed E-state index contributed by atoms with van der Waals surface area (Å²) in [5.74, 6) is -0.189. The van der Waals surface area contributed by atoms with E-state index in [2.05, 4.69) is 25.8 Å². The quantitative estimate of drug-likeness (QED) is 0.254. The van der Waals surface area contributed by atoms with E-state index in [0.29, 0.717) is 12.2 Å². The molecule has 0 aliphatic carbocycles. The molecule has 1 amide bonds. The molecule has 1 rings (SSSR count). The van der Waals surface area contributed by atoms with E-state index >= 15 is 0 Å². The number of carbonyl (C=O) groups is 1. The normalized spacial score (nSPS) is 11.3. The molecule has 9 nitrogen and oxygen atoms in total. The fourth-order valence-corrected chi connectivity index (χ4v) is 1.43. The van der Waals surface area contributed by atoms with Gasteiger partial charge in [-0.2, -0.15) is 0 Å². The van der Waals surface area contributed by atoms with Gasteiger partial charge in [-0.25, -0.2) is 15.4 Å². The molecule has 0 aliphatic heterocycles. The first-order valence-corrected chi connectivity index (χ1v) is 6.54. The van der Waals surface area contributed by atoms with Crippen LogP contribution in [0.2, 0.25) is 0 Å². The Labute approximate surface area is 123 Å². The molecule has 0 saturated carbocycles. The van der Waals surface area contributed by atoms with Crippen molar-refractivity contribution >= 4 is 23.5 Å². The number of nitrogens with one attached hydrogen (secondary N) is 2. The second-order valence-electron chi connectivity index (χ2n) is 4.27. The number of nitrogens with zero attached hydrogens (tertiary/aromatic N) is 3. The van der Waals surface area contributed by atoms with Crippen LogP contribution in [0.15, 0.2) is 4.99 Å². The first-order chi connectivity index (χ1) is 9.99. The molecule has 1 aromatic rings. The predicted molar refractivity (Wildman–Crippen MR) is 80.7 cm³/mol. The van der Waals surface area contributed by atoms with Crippen LogP contribution in [0.1, 0.15) is 35.9 Å². The van der Waals surface area contributed by atoms with Gasteiger partial charge in [-0.15, -0.1) is 0 Å². The van der Waals surface area contributed by atoms with Gasteiger partial charge in [-0.3, -0.25) is 19.9 Å². The third kappa shape index (κ3) is 4.88. The molecular formula is C12H21N7O2. The lowest BCUT2D eigenvalue weighted by Crippen LogP contribution is -2.38. The van der Waals surface area contributed by atoms with E-state index in [-0.39, 0.29) is 23.3 Å². The Bertz CT molecular complexity index is 531. The Kier molecular flexibility index (Phi) is 6.34. The van der Waals surface area contributed by atoms with Gasteiger partial charge >= 0.3 is 0 Å². The van der Waals surface area contributed by atoms with Gasteiger partial charge < -0.3 is 11.5 Å². The maximum absolute atomic E-state index is 12.1. The molecule has 0 atom stereocenters. The molecule has 9 heteroatoms. The smallest absolute Gasteiger partial charge is 0.280 e. The first kappa shape index (κ1) is 16.6. The third-order valence-corrected chi connectivity index (χ3v) is 2.56. The van der Waals surface area contributed by atoms with Crippen LogP contribution in [0.4, 0.5) is 11.6 Å². The van der Waals surface area contributed by atoms with Gasteiger partial charge in [0.25, 0.3) is 5.91 Å². The maximum Gasteiger partial charge on any atom is 0.280 e. The van der Waals surface area contributed by atoms with Crippen LogP contribution in [-0.4, -0.2) is 35.5 Å². The monoisotopic (exact) mass is 295 g/mol. The van der Waals surface area contributed by atoms with Crippen molar-refractivity contribution in [2.24, 2.45) is 10.7 Å². The lowest BCUT2D eigenvalue weighted by molar-refractivity contribution is 0.0971. The van der Waals surface area contributed by atoms with Crippen LogP contribution in [0, 0.1) is 6.92 Å². The highest BCUT2D eigenvalue weighted by Crippen LogP contribution is 2.14. The van der Waals surface area contributed by atoms with Gasteiger partial charge in [-0.1, -0.05) is 13.3 Å². The highest BCUT2D eigenvalue weighted by molar-refractivity contribution is 6.06. The van der Waals surface area contributed by atoms with Gasteiger partial charge in [0.1, 0.15) is 5.82 Å². The summed E-state index contributed by atoms with van der Waals surface area (Å²) in [7, 11) is 1.39. The number of unbranched alkanes of at least 4 members (excludes halogenated alkanes) is 1. The van der Waals surface area contributed by atoms with Crippen molar-refractivity contribution in [3.8, 4) is 0 Å². The van der Waals surface area contributed by atoms with Crippen molar-refractivity contribution in [3.05, 3.63) is 11.4 Å². The van der Waals surface area contributed by atoms with Crippen LogP contribution in [0.25, 0.3) is 0 Å². The summed E-state index contributed by atoms with van der Waals surface area (Å²) in [5, 5.41) is 2.45. The molecule has 0 aromatic carbocycles. The standard InChI is InChI=1S/C12H21N7O2/c1-4-5-6-15-12(14)18-11(20)8-10(19-21-3)17-9(13)7(2)16-8/h4-6H2,1-3H3,(H3,13,17,19)(H3,14,15,18,20). The topological polar surface area (TPSA) is 141 Å². The van der Waals surface area contributed by atoms with Crippen LogP contribution in [0.5, 0.6) is 0 Å². The molecule has 0 radical (unpaired) electrons. The van der Waals surface area contributed by atoms with E-state index in [4.69, 9.17) is 16.3 Å². The van der Waals surface area contributed by atoms with E-state index in [1.807, 2.05) is 6.92 Å². The Morgan fingerprint density at radius 3 is 2.76 bits per heavy atom. The summed E-state index contributed by atoms with van der Waals surface area (Å²) in [4.78, 5) is 29.0. The molecule has 21 heavy (non-hydrogen) atoms. The minimum Gasteiger partial charge on any atom is -0.382 e. The van der Waals surface area contributed by atoms with Gasteiger partial charge in [0, 0.05) is 6.54 Å². The second-order valence-corrected chi connectivity index (χ2v) is 4.27. The van der Waals surface area contributed by atoms with E-state index in [9.17, 15) is 4.79 Å². The summed E-state index contributed by atoms with van der Waals surface area (Å²) >= 11 is 0. The Morgan fingerprint density at radius 1 is 1.43 bits per heavy atom. The fourth-order valence-electron chi connectivity index (χ4n) is 1.43. The summed E-state index contributed by atoms with van der Waals surface area (Å²) in [6, 6.07) is 0. The number of amides is 1.